The number of carbonyl (C=O) groups excluding carboxylic acids is 1. The fraction of sp³-hybridized carbons (Fsp3) is 0.750. The summed E-state index contributed by atoms with van der Waals surface area (Å²) in [4.78, 5) is 10.3. The highest BCUT2D eigenvalue weighted by Gasteiger charge is 2.02. The van der Waals surface area contributed by atoms with Crippen LogP contribution in [-0.4, -0.2) is 19.1 Å². The Kier molecular flexibility index (Phi) is 1.26. The monoisotopic (exact) mass is 102 g/mol. The minimum Gasteiger partial charge on any atom is -0.344 e. The van der Waals surface area contributed by atoms with Crippen molar-refractivity contribution in [1.82, 2.24) is 10.6 Å². The third-order valence-corrected chi connectivity index (χ3v) is 0.939. The van der Waals surface area contributed by atoms with Gasteiger partial charge in [0.25, 0.3) is 0 Å². The second kappa shape index (κ2) is 1.93. The molecule has 0 aromatic heterocycles. The first-order valence-corrected chi connectivity index (χ1v) is 2.37. The van der Waals surface area contributed by atoms with Gasteiger partial charge in [0.1, 0.15) is 0 Å². The van der Waals surface area contributed by atoms with Crippen LogP contribution < -0.4 is 10.6 Å². The van der Waals surface area contributed by atoms with Crippen LogP contribution in [0.4, 0.5) is 0 Å². The molecule has 1 rings (SSSR count). The molecule has 2 N–H and O–H groups in total. The highest BCUT2D eigenvalue weighted by atomic mass is 16.1. The van der Waals surface area contributed by atoms with Gasteiger partial charge in [0.15, 0.2) is 0 Å². The molecular weight excluding hydrogens is 92.1 g/mol. The molecule has 3 nitrogen and oxygen atoms in total. The summed E-state index contributed by atoms with van der Waals surface area (Å²) in [6.45, 7) is 1.46. The zero-order valence-electron chi connectivity index (χ0n) is 4.03. The van der Waals surface area contributed by atoms with Crippen molar-refractivity contribution >= 4 is 5.91 Å². The number of carbonyl (C=O) groups is 1. The smallest absolute Gasteiger partial charge is 0.222 e. The van der Waals surface area contributed by atoms with Crippen molar-refractivity contribution in [1.29, 1.82) is 0 Å². The molecule has 0 atom stereocenters. The van der Waals surface area contributed by atoms with Crippen LogP contribution in [0, 0.1) is 0 Å². The van der Waals surface area contributed by atoms with Gasteiger partial charge in [-0.15, -0.1) is 0 Å². The summed E-state index contributed by atoms with van der Waals surface area (Å²) in [6.07, 6.45) is 0.625. The van der Waals surface area contributed by atoms with E-state index in [4.69, 9.17) is 0 Å². The SMILES string of the molecule is O=C1CCNCN1.[HH]. The zero-order chi connectivity index (χ0) is 5.11. The molecule has 0 unspecified atom stereocenters. The normalized spacial score (nSPS) is 21.4. The standard InChI is InChI=1S/C4H8N2O.H2/c7-4-1-2-5-3-6-4;/h5H,1-3H2,(H,6,7);1H. The van der Waals surface area contributed by atoms with E-state index in [-0.39, 0.29) is 7.33 Å². The Morgan fingerprint density at radius 1 is 1.71 bits per heavy atom. The van der Waals surface area contributed by atoms with E-state index in [2.05, 4.69) is 10.6 Å². The first-order chi connectivity index (χ1) is 3.39. The Labute approximate surface area is 43.6 Å². The Morgan fingerprint density at radius 2 is 2.57 bits per heavy atom. The Balaban J connectivity index is 0.000000490. The van der Waals surface area contributed by atoms with E-state index in [1.54, 1.807) is 0 Å². The maximum absolute atomic E-state index is 10.3. The minimum absolute atomic E-state index is 0. The summed E-state index contributed by atoms with van der Waals surface area (Å²) < 4.78 is 0. The predicted octanol–water partition coefficient (Wildman–Crippen LogP) is -0.701. The lowest BCUT2D eigenvalue weighted by Crippen LogP contribution is -2.41. The van der Waals surface area contributed by atoms with Crippen LogP contribution in [0.5, 0.6) is 0 Å². The van der Waals surface area contributed by atoms with Gasteiger partial charge in [-0.25, -0.2) is 0 Å². The molecule has 1 fully saturated rings. The van der Waals surface area contributed by atoms with Crippen LogP contribution in [0.3, 0.4) is 0 Å². The van der Waals surface area contributed by atoms with Gasteiger partial charge in [-0.05, 0) is 0 Å². The summed E-state index contributed by atoms with van der Waals surface area (Å²) in [5.41, 5.74) is 0. The molecule has 1 aliphatic heterocycles. The van der Waals surface area contributed by atoms with Gasteiger partial charge in [0, 0.05) is 14.4 Å². The topological polar surface area (TPSA) is 41.1 Å². The highest BCUT2D eigenvalue weighted by molar-refractivity contribution is 5.76. The average Bonchev–Trinajstić information content (AvgIpc) is 1.69. The molecule has 0 radical (unpaired) electrons. The van der Waals surface area contributed by atoms with Crippen LogP contribution >= 0.6 is 0 Å². The molecule has 0 aromatic rings. The fourth-order valence-corrected chi connectivity index (χ4v) is 0.540. The predicted molar refractivity (Wildman–Crippen MR) is 27.7 cm³/mol. The van der Waals surface area contributed by atoms with E-state index < -0.39 is 0 Å². The molecule has 7 heavy (non-hydrogen) atoms. The van der Waals surface area contributed by atoms with Gasteiger partial charge in [-0.1, -0.05) is 0 Å². The lowest BCUT2D eigenvalue weighted by Gasteiger charge is -2.11. The van der Waals surface area contributed by atoms with Gasteiger partial charge >= 0.3 is 0 Å². The number of amides is 1. The van der Waals surface area contributed by atoms with Crippen molar-refractivity contribution < 1.29 is 6.22 Å². The Morgan fingerprint density at radius 3 is 2.86 bits per heavy atom. The van der Waals surface area contributed by atoms with E-state index in [1.807, 2.05) is 0 Å². The second-order valence-corrected chi connectivity index (χ2v) is 1.53. The van der Waals surface area contributed by atoms with Crippen LogP contribution in [0.25, 0.3) is 0 Å². The molecule has 0 aromatic carbocycles. The molecule has 1 amide bonds. The maximum Gasteiger partial charge on any atom is 0.222 e. The van der Waals surface area contributed by atoms with Gasteiger partial charge in [0.2, 0.25) is 5.91 Å². The molecule has 1 heterocycles. The van der Waals surface area contributed by atoms with Crippen molar-refractivity contribution in [2.24, 2.45) is 0 Å². The van der Waals surface area contributed by atoms with Gasteiger partial charge < -0.3 is 5.32 Å². The van der Waals surface area contributed by atoms with Gasteiger partial charge in [-0.3, -0.25) is 10.1 Å². The van der Waals surface area contributed by atoms with Crippen LogP contribution in [-0.2, 0) is 4.79 Å². The van der Waals surface area contributed by atoms with Crippen molar-refractivity contribution in [3.8, 4) is 0 Å². The second-order valence-electron chi connectivity index (χ2n) is 1.53. The molecule has 3 heteroatoms. The number of rotatable bonds is 0. The van der Waals surface area contributed by atoms with Crippen LogP contribution in [0.2, 0.25) is 0 Å². The Bertz CT molecular complexity index is 78.1. The number of hydrogen-bond donors (Lipinski definition) is 2. The van der Waals surface area contributed by atoms with E-state index in [1.165, 1.54) is 0 Å². The van der Waals surface area contributed by atoms with Crippen molar-refractivity contribution in [3.63, 3.8) is 0 Å². The first-order valence-electron chi connectivity index (χ1n) is 2.37. The zero-order valence-corrected chi connectivity index (χ0v) is 4.03. The van der Waals surface area contributed by atoms with Crippen molar-refractivity contribution in [3.05, 3.63) is 0 Å². The summed E-state index contributed by atoms with van der Waals surface area (Å²) in [5.74, 6) is 0.152. The van der Waals surface area contributed by atoms with Crippen molar-refractivity contribution in [2.45, 2.75) is 6.42 Å². The molecule has 0 spiro atoms. The lowest BCUT2D eigenvalue weighted by molar-refractivity contribution is -0.122. The van der Waals surface area contributed by atoms with Crippen LogP contribution in [0.15, 0.2) is 0 Å². The van der Waals surface area contributed by atoms with E-state index >= 15 is 0 Å². The van der Waals surface area contributed by atoms with Crippen LogP contribution in [0.1, 0.15) is 7.85 Å². The largest absolute Gasteiger partial charge is 0.344 e. The number of nitrogens with one attached hydrogen (secondary N) is 2. The van der Waals surface area contributed by atoms with E-state index in [0.717, 1.165) is 6.54 Å². The summed E-state index contributed by atoms with van der Waals surface area (Å²) in [7, 11) is 0. The lowest BCUT2D eigenvalue weighted by atomic mass is 10.4. The molecule has 1 saturated heterocycles. The van der Waals surface area contributed by atoms with E-state index in [0.29, 0.717) is 13.1 Å². The summed E-state index contributed by atoms with van der Waals surface area (Å²) in [6, 6.07) is 0. The van der Waals surface area contributed by atoms with Gasteiger partial charge in [-0.2, -0.15) is 0 Å². The Hall–Kier alpha value is -0.570. The molecule has 1 aliphatic rings. The fourth-order valence-electron chi connectivity index (χ4n) is 0.540. The highest BCUT2D eigenvalue weighted by Crippen LogP contribution is 1.79. The molecule has 0 saturated carbocycles. The molecule has 0 bridgehead atoms. The van der Waals surface area contributed by atoms with E-state index in [9.17, 15) is 4.79 Å². The third-order valence-electron chi connectivity index (χ3n) is 0.939. The van der Waals surface area contributed by atoms with Crippen molar-refractivity contribution in [2.75, 3.05) is 13.2 Å². The van der Waals surface area contributed by atoms with Gasteiger partial charge in [0.05, 0.1) is 6.67 Å². The average molecular weight is 102 g/mol. The third kappa shape index (κ3) is 1.16. The summed E-state index contributed by atoms with van der Waals surface area (Å²) in [5, 5.41) is 5.62. The first kappa shape index (κ1) is 4.59. The maximum atomic E-state index is 10.3. The number of hydrogen-bond acceptors (Lipinski definition) is 2. The molecule has 0 aliphatic carbocycles. The molecular formula is C4H10N2O. The minimum atomic E-state index is 0. The quantitative estimate of drug-likeness (QED) is 0.424. The molecule has 42 valence electrons. The summed E-state index contributed by atoms with van der Waals surface area (Å²) >= 11 is 0.